The lowest BCUT2D eigenvalue weighted by atomic mass is 9.90. The largest absolute Gasteiger partial charge is 0.395 e. The number of alkyl halides is 2. The van der Waals surface area contributed by atoms with E-state index in [9.17, 15) is 18.3 Å². The summed E-state index contributed by atoms with van der Waals surface area (Å²) < 4.78 is 38.6. The molecule has 1 aromatic heterocycles. The Morgan fingerprint density at radius 3 is 2.84 bits per heavy atom. The van der Waals surface area contributed by atoms with Gasteiger partial charge in [0, 0.05) is 52.1 Å². The van der Waals surface area contributed by atoms with Gasteiger partial charge >= 0.3 is 6.55 Å². The van der Waals surface area contributed by atoms with Gasteiger partial charge in [-0.2, -0.15) is 8.78 Å². The highest BCUT2D eigenvalue weighted by Crippen LogP contribution is 2.37. The zero-order chi connectivity index (χ0) is 23.3. The molecular formula is C20H20ClF3N6OS. The number of hydrogen-bond donors (Lipinski definition) is 5. The molecule has 1 aliphatic rings. The molecule has 12 heteroatoms. The number of nitrogens with two attached hydrogens (primary N) is 1. The van der Waals surface area contributed by atoms with E-state index < -0.39 is 24.5 Å². The van der Waals surface area contributed by atoms with Crippen molar-refractivity contribution in [2.45, 2.75) is 25.1 Å². The minimum absolute atomic E-state index is 0.0879. The Hall–Kier alpha value is -2.73. The van der Waals surface area contributed by atoms with Crippen LogP contribution in [0.2, 0.25) is 5.02 Å². The molecule has 170 valence electrons. The summed E-state index contributed by atoms with van der Waals surface area (Å²) in [7, 11) is 0. The van der Waals surface area contributed by atoms with Crippen LogP contribution >= 0.6 is 22.9 Å². The third-order valence-corrected chi connectivity index (χ3v) is 5.59. The van der Waals surface area contributed by atoms with E-state index in [4.69, 9.17) is 22.7 Å². The van der Waals surface area contributed by atoms with Crippen LogP contribution in [0.4, 0.5) is 13.2 Å². The predicted octanol–water partition coefficient (Wildman–Crippen LogP) is 3.34. The van der Waals surface area contributed by atoms with Gasteiger partial charge in [0.05, 0.1) is 12.3 Å². The SMILES string of the molecule is N=C(/C=C\NC(F)F)C1=C(CC(N)CO)NC(c2nccs2)=N[C@H]1c1ccc(F)cc1Cl. The Morgan fingerprint density at radius 1 is 1.44 bits per heavy atom. The van der Waals surface area contributed by atoms with E-state index in [-0.39, 0.29) is 23.8 Å². The number of aromatic nitrogens is 1. The number of aliphatic hydroxyl groups excluding tert-OH is 1. The summed E-state index contributed by atoms with van der Waals surface area (Å²) >= 11 is 7.63. The van der Waals surface area contributed by atoms with E-state index in [1.165, 1.54) is 23.5 Å². The third kappa shape index (κ3) is 5.74. The molecule has 3 rings (SSSR count). The zero-order valence-electron chi connectivity index (χ0n) is 16.5. The molecule has 1 aromatic carbocycles. The lowest BCUT2D eigenvalue weighted by molar-refractivity contribution is 0.125. The monoisotopic (exact) mass is 484 g/mol. The van der Waals surface area contributed by atoms with Gasteiger partial charge in [-0.05, 0) is 18.2 Å². The summed E-state index contributed by atoms with van der Waals surface area (Å²) in [5, 5.41) is 25.3. The number of nitrogens with one attached hydrogen (secondary N) is 3. The Bertz CT molecular complexity index is 1060. The molecule has 0 aliphatic carbocycles. The number of rotatable bonds is 9. The molecule has 0 radical (unpaired) electrons. The molecule has 0 fully saturated rings. The maximum atomic E-state index is 13.7. The number of nitrogens with zero attached hydrogens (tertiary/aromatic N) is 2. The van der Waals surface area contributed by atoms with Crippen LogP contribution in [-0.4, -0.2) is 40.8 Å². The highest BCUT2D eigenvalue weighted by atomic mass is 35.5. The molecule has 32 heavy (non-hydrogen) atoms. The number of aliphatic imine (C=N–C) groups is 1. The quantitative estimate of drug-likeness (QED) is 0.276. The third-order valence-electron chi connectivity index (χ3n) is 4.48. The summed E-state index contributed by atoms with van der Waals surface area (Å²) in [4.78, 5) is 8.90. The maximum Gasteiger partial charge on any atom is 0.312 e. The van der Waals surface area contributed by atoms with Gasteiger partial charge in [-0.1, -0.05) is 17.7 Å². The van der Waals surface area contributed by atoms with E-state index >= 15 is 0 Å². The van der Waals surface area contributed by atoms with Gasteiger partial charge in [-0.15, -0.1) is 11.3 Å². The van der Waals surface area contributed by atoms with E-state index in [2.05, 4.69) is 15.3 Å². The van der Waals surface area contributed by atoms with Crippen molar-refractivity contribution < 1.29 is 18.3 Å². The van der Waals surface area contributed by atoms with Crippen LogP contribution in [0.25, 0.3) is 0 Å². The normalized spacial score (nSPS) is 17.5. The second-order valence-corrected chi connectivity index (χ2v) is 8.06. The first-order valence-corrected chi connectivity index (χ1v) is 10.6. The summed E-state index contributed by atoms with van der Waals surface area (Å²) in [5.41, 5.74) is 6.97. The summed E-state index contributed by atoms with van der Waals surface area (Å²) in [6.45, 7) is -3.11. The van der Waals surface area contributed by atoms with Crippen LogP contribution in [0.3, 0.4) is 0 Å². The highest BCUT2D eigenvalue weighted by Gasteiger charge is 2.31. The number of thiazole rings is 1. The number of amidine groups is 1. The zero-order valence-corrected chi connectivity index (χ0v) is 18.1. The van der Waals surface area contributed by atoms with Crippen molar-refractivity contribution in [1.29, 1.82) is 5.41 Å². The molecule has 1 unspecified atom stereocenters. The Balaban J connectivity index is 2.14. The first-order valence-electron chi connectivity index (χ1n) is 9.39. The molecule has 2 aromatic rings. The molecule has 0 bridgehead atoms. The minimum Gasteiger partial charge on any atom is -0.395 e. The van der Waals surface area contributed by atoms with E-state index in [0.29, 0.717) is 27.7 Å². The first-order chi connectivity index (χ1) is 15.3. The van der Waals surface area contributed by atoms with Gasteiger partial charge in [0.2, 0.25) is 0 Å². The molecule has 0 saturated carbocycles. The fraction of sp³-hybridized carbons (Fsp3) is 0.250. The lowest BCUT2D eigenvalue weighted by Crippen LogP contribution is -2.37. The number of benzene rings is 1. The van der Waals surface area contributed by atoms with Crippen LogP contribution in [0.5, 0.6) is 0 Å². The van der Waals surface area contributed by atoms with Crippen LogP contribution < -0.4 is 16.4 Å². The Morgan fingerprint density at radius 2 is 2.22 bits per heavy atom. The number of hydrogen-bond acceptors (Lipinski definition) is 8. The van der Waals surface area contributed by atoms with Crippen LogP contribution in [0.1, 0.15) is 23.0 Å². The van der Waals surface area contributed by atoms with Gasteiger partial charge in [-0.25, -0.2) is 9.37 Å². The Kier molecular flexibility index (Phi) is 8.02. The average molecular weight is 485 g/mol. The maximum absolute atomic E-state index is 13.7. The summed E-state index contributed by atoms with van der Waals surface area (Å²) in [5.74, 6) is -0.155. The molecule has 2 heterocycles. The van der Waals surface area contributed by atoms with Crippen molar-refractivity contribution >= 4 is 34.5 Å². The number of aliphatic hydroxyl groups is 1. The molecule has 1 aliphatic heterocycles. The van der Waals surface area contributed by atoms with Crippen molar-refractivity contribution in [3.63, 3.8) is 0 Å². The molecule has 7 nitrogen and oxygen atoms in total. The average Bonchev–Trinajstić information content (AvgIpc) is 3.27. The van der Waals surface area contributed by atoms with Crippen molar-refractivity contribution in [3.05, 3.63) is 74.7 Å². The van der Waals surface area contributed by atoms with Gasteiger partial charge < -0.3 is 26.9 Å². The van der Waals surface area contributed by atoms with Gasteiger partial charge in [0.25, 0.3) is 0 Å². The second-order valence-electron chi connectivity index (χ2n) is 6.76. The van der Waals surface area contributed by atoms with Crippen LogP contribution in [0.15, 0.2) is 58.3 Å². The van der Waals surface area contributed by atoms with E-state index in [1.54, 1.807) is 16.9 Å². The Labute approximate surface area is 191 Å². The fourth-order valence-electron chi connectivity index (χ4n) is 3.09. The molecule has 6 N–H and O–H groups in total. The number of halogens is 4. The van der Waals surface area contributed by atoms with E-state index in [1.807, 2.05) is 0 Å². The highest BCUT2D eigenvalue weighted by molar-refractivity contribution is 7.11. The standard InChI is InChI=1S/C20H20ClF3N6OS/c21-13-7-10(22)1-2-12(13)17-16(14(26)3-4-28-20(23)24)15(8-11(25)9-31)29-18(30-17)19-27-5-6-32-19/h1-7,11,17,20,26,28,31H,8-9,25H2,(H,29,30)/b4-3-,26-14?/t11?,17-/m0/s1. The second kappa shape index (κ2) is 10.7. The van der Waals surface area contributed by atoms with Crippen molar-refractivity contribution in [3.8, 4) is 0 Å². The van der Waals surface area contributed by atoms with Crippen LogP contribution in [-0.2, 0) is 0 Å². The molecule has 0 saturated heterocycles. The summed E-state index contributed by atoms with van der Waals surface area (Å²) in [6.07, 6.45) is 3.84. The molecule has 0 amide bonds. The predicted molar refractivity (Wildman–Crippen MR) is 119 cm³/mol. The van der Waals surface area contributed by atoms with Crippen molar-refractivity contribution in [1.82, 2.24) is 15.6 Å². The first kappa shape index (κ1) is 23.9. The molecule has 2 atom stereocenters. The number of allylic oxidation sites excluding steroid dienone is 1. The smallest absolute Gasteiger partial charge is 0.312 e. The fourth-order valence-corrected chi connectivity index (χ4v) is 3.95. The summed E-state index contributed by atoms with van der Waals surface area (Å²) in [6, 6.07) is 2.27. The minimum atomic E-state index is -2.79. The van der Waals surface area contributed by atoms with Crippen molar-refractivity contribution in [2.24, 2.45) is 10.7 Å². The molecular weight excluding hydrogens is 465 g/mol. The van der Waals surface area contributed by atoms with Gasteiger partial charge in [0.15, 0.2) is 10.8 Å². The topological polar surface area (TPSA) is 119 Å². The van der Waals surface area contributed by atoms with Crippen molar-refractivity contribution in [2.75, 3.05) is 6.61 Å². The van der Waals surface area contributed by atoms with Gasteiger partial charge in [0.1, 0.15) is 11.9 Å². The van der Waals surface area contributed by atoms with Crippen LogP contribution in [0, 0.1) is 11.2 Å². The van der Waals surface area contributed by atoms with Gasteiger partial charge in [-0.3, -0.25) is 4.99 Å². The van der Waals surface area contributed by atoms with E-state index in [0.717, 1.165) is 18.3 Å². The lowest BCUT2D eigenvalue weighted by Gasteiger charge is -2.29. The molecule has 0 spiro atoms.